The lowest BCUT2D eigenvalue weighted by Gasteiger charge is -2.32. The summed E-state index contributed by atoms with van der Waals surface area (Å²) in [5.41, 5.74) is -0.975. The van der Waals surface area contributed by atoms with Crippen LogP contribution in [0.3, 0.4) is 0 Å². The molecule has 18 heavy (non-hydrogen) atoms. The van der Waals surface area contributed by atoms with Crippen LogP contribution >= 0.6 is 15.9 Å². The van der Waals surface area contributed by atoms with Crippen molar-refractivity contribution in [3.05, 3.63) is 17.8 Å². The van der Waals surface area contributed by atoms with E-state index in [4.69, 9.17) is 4.74 Å². The van der Waals surface area contributed by atoms with E-state index in [1.54, 1.807) is 0 Å². The second kappa shape index (κ2) is 5.40. The van der Waals surface area contributed by atoms with Gasteiger partial charge in [0.15, 0.2) is 11.5 Å². The fourth-order valence-electron chi connectivity index (χ4n) is 1.67. The van der Waals surface area contributed by atoms with Crippen LogP contribution in [0.15, 0.2) is 12.1 Å². The summed E-state index contributed by atoms with van der Waals surface area (Å²) in [4.78, 5) is 1.86. The SMILES string of the molecule is FC(F)(F)c1ccc(N2CCOC(CBr)C2)nn1. The summed E-state index contributed by atoms with van der Waals surface area (Å²) >= 11 is 3.31. The third-order valence-corrected chi connectivity index (χ3v) is 3.30. The Morgan fingerprint density at radius 3 is 2.72 bits per heavy atom. The molecule has 0 spiro atoms. The minimum absolute atomic E-state index is 0.0165. The molecule has 0 amide bonds. The molecule has 1 atom stereocenters. The standard InChI is InChI=1S/C10H11BrF3N3O/c11-5-7-6-17(3-4-18-7)9-2-1-8(15-16-9)10(12,13)14/h1-2,7H,3-6H2. The zero-order valence-electron chi connectivity index (χ0n) is 9.32. The summed E-state index contributed by atoms with van der Waals surface area (Å²) in [6, 6.07) is 2.29. The maximum atomic E-state index is 12.3. The summed E-state index contributed by atoms with van der Waals surface area (Å²) in [5, 5.41) is 7.51. The molecule has 1 aromatic rings. The first-order chi connectivity index (χ1) is 8.50. The predicted molar refractivity (Wildman–Crippen MR) is 62.8 cm³/mol. The lowest BCUT2D eigenvalue weighted by Crippen LogP contribution is -2.43. The van der Waals surface area contributed by atoms with E-state index in [2.05, 4.69) is 26.1 Å². The molecule has 1 aliphatic heterocycles. The Morgan fingerprint density at radius 2 is 2.17 bits per heavy atom. The molecule has 0 saturated carbocycles. The monoisotopic (exact) mass is 325 g/mol. The topological polar surface area (TPSA) is 38.2 Å². The third kappa shape index (κ3) is 3.11. The molecule has 1 fully saturated rings. The molecule has 0 radical (unpaired) electrons. The highest BCUT2D eigenvalue weighted by Crippen LogP contribution is 2.27. The van der Waals surface area contributed by atoms with Crippen LogP contribution in [0.5, 0.6) is 0 Å². The van der Waals surface area contributed by atoms with Crippen molar-refractivity contribution >= 4 is 21.7 Å². The summed E-state index contributed by atoms with van der Waals surface area (Å²) in [6.45, 7) is 1.72. The molecule has 1 unspecified atom stereocenters. The molecule has 0 aromatic carbocycles. The third-order valence-electron chi connectivity index (χ3n) is 2.58. The first kappa shape index (κ1) is 13.5. The van der Waals surface area contributed by atoms with Crippen LogP contribution in [0.4, 0.5) is 19.0 Å². The lowest BCUT2D eigenvalue weighted by molar-refractivity contribution is -0.141. The van der Waals surface area contributed by atoms with E-state index in [9.17, 15) is 13.2 Å². The van der Waals surface area contributed by atoms with Gasteiger partial charge in [0.1, 0.15) is 0 Å². The van der Waals surface area contributed by atoms with Crippen LogP contribution in [-0.2, 0) is 10.9 Å². The number of ether oxygens (including phenoxy) is 1. The van der Waals surface area contributed by atoms with Crippen molar-refractivity contribution in [2.45, 2.75) is 12.3 Å². The molecule has 1 saturated heterocycles. The smallest absolute Gasteiger partial charge is 0.374 e. The maximum absolute atomic E-state index is 12.3. The molecule has 2 rings (SSSR count). The van der Waals surface area contributed by atoms with E-state index in [1.807, 2.05) is 4.90 Å². The van der Waals surface area contributed by atoms with Crippen LogP contribution in [0.2, 0.25) is 0 Å². The van der Waals surface area contributed by atoms with Crippen molar-refractivity contribution < 1.29 is 17.9 Å². The predicted octanol–water partition coefficient (Wildman–Crippen LogP) is 2.10. The van der Waals surface area contributed by atoms with Gasteiger partial charge >= 0.3 is 6.18 Å². The quantitative estimate of drug-likeness (QED) is 0.780. The number of morpholine rings is 1. The zero-order chi connectivity index (χ0) is 13.2. The number of hydrogen-bond donors (Lipinski definition) is 0. The second-order valence-electron chi connectivity index (χ2n) is 3.87. The van der Waals surface area contributed by atoms with Gasteiger partial charge in [-0.05, 0) is 12.1 Å². The summed E-state index contributed by atoms with van der Waals surface area (Å²) in [6.07, 6.45) is -4.43. The van der Waals surface area contributed by atoms with Crippen LogP contribution < -0.4 is 4.90 Å². The van der Waals surface area contributed by atoms with E-state index >= 15 is 0 Å². The van der Waals surface area contributed by atoms with Crippen LogP contribution in [0.1, 0.15) is 5.69 Å². The normalized spacial score (nSPS) is 21.1. The molecule has 0 N–H and O–H groups in total. The maximum Gasteiger partial charge on any atom is 0.435 e. The average molecular weight is 326 g/mol. The van der Waals surface area contributed by atoms with Gasteiger partial charge in [0, 0.05) is 18.4 Å². The highest BCUT2D eigenvalue weighted by atomic mass is 79.9. The Kier molecular flexibility index (Phi) is 4.06. The van der Waals surface area contributed by atoms with Crippen LogP contribution in [0, 0.1) is 0 Å². The highest BCUT2D eigenvalue weighted by Gasteiger charge is 2.33. The summed E-state index contributed by atoms with van der Waals surface area (Å²) in [5.74, 6) is 0.442. The van der Waals surface area contributed by atoms with E-state index in [1.165, 1.54) is 6.07 Å². The van der Waals surface area contributed by atoms with E-state index in [0.29, 0.717) is 30.8 Å². The number of rotatable bonds is 2. The summed E-state index contributed by atoms with van der Waals surface area (Å²) < 4.78 is 42.4. The van der Waals surface area contributed by atoms with Crippen molar-refractivity contribution in [1.82, 2.24) is 10.2 Å². The fraction of sp³-hybridized carbons (Fsp3) is 0.600. The van der Waals surface area contributed by atoms with Gasteiger partial charge in [-0.2, -0.15) is 13.2 Å². The van der Waals surface area contributed by atoms with E-state index in [0.717, 1.165) is 6.07 Å². The minimum Gasteiger partial charge on any atom is -0.374 e. The van der Waals surface area contributed by atoms with E-state index < -0.39 is 11.9 Å². The lowest BCUT2D eigenvalue weighted by atomic mass is 10.3. The van der Waals surface area contributed by atoms with Crippen molar-refractivity contribution in [1.29, 1.82) is 0 Å². The van der Waals surface area contributed by atoms with Gasteiger partial charge in [0.2, 0.25) is 0 Å². The number of halogens is 4. The largest absolute Gasteiger partial charge is 0.435 e. The van der Waals surface area contributed by atoms with Crippen LogP contribution in [0.25, 0.3) is 0 Å². The summed E-state index contributed by atoms with van der Waals surface area (Å²) in [7, 11) is 0. The Hall–Kier alpha value is -0.890. The molecular weight excluding hydrogens is 315 g/mol. The van der Waals surface area contributed by atoms with Crippen molar-refractivity contribution in [3.8, 4) is 0 Å². The molecule has 1 aliphatic rings. The molecule has 0 aliphatic carbocycles. The van der Waals surface area contributed by atoms with Crippen molar-refractivity contribution in [2.75, 3.05) is 29.9 Å². The van der Waals surface area contributed by atoms with Gasteiger partial charge < -0.3 is 9.64 Å². The number of aromatic nitrogens is 2. The Balaban J connectivity index is 2.09. The van der Waals surface area contributed by atoms with Crippen molar-refractivity contribution in [2.24, 2.45) is 0 Å². The number of nitrogens with zero attached hydrogens (tertiary/aromatic N) is 3. The Labute approximate surface area is 110 Å². The molecule has 0 bridgehead atoms. The zero-order valence-corrected chi connectivity index (χ0v) is 10.9. The molecule has 2 heterocycles. The van der Waals surface area contributed by atoms with Gasteiger partial charge in [-0.25, -0.2) is 0 Å². The first-order valence-electron chi connectivity index (χ1n) is 5.34. The van der Waals surface area contributed by atoms with Gasteiger partial charge in [0.05, 0.1) is 12.7 Å². The Morgan fingerprint density at radius 1 is 1.39 bits per heavy atom. The van der Waals surface area contributed by atoms with Gasteiger partial charge in [0.25, 0.3) is 0 Å². The number of alkyl halides is 4. The molecule has 4 nitrogen and oxygen atoms in total. The molecular formula is C10H11BrF3N3O. The second-order valence-corrected chi connectivity index (χ2v) is 4.52. The fourth-order valence-corrected chi connectivity index (χ4v) is 2.06. The Bertz CT molecular complexity index is 398. The highest BCUT2D eigenvalue weighted by molar-refractivity contribution is 9.09. The molecule has 8 heteroatoms. The van der Waals surface area contributed by atoms with Gasteiger partial charge in [-0.15, -0.1) is 10.2 Å². The first-order valence-corrected chi connectivity index (χ1v) is 6.46. The van der Waals surface area contributed by atoms with E-state index in [-0.39, 0.29) is 6.10 Å². The average Bonchev–Trinajstić information content (AvgIpc) is 2.38. The van der Waals surface area contributed by atoms with Crippen LogP contribution in [-0.4, -0.2) is 41.3 Å². The van der Waals surface area contributed by atoms with Gasteiger partial charge in [-0.3, -0.25) is 0 Å². The van der Waals surface area contributed by atoms with Crippen molar-refractivity contribution in [3.63, 3.8) is 0 Å². The molecule has 1 aromatic heterocycles. The number of hydrogen-bond acceptors (Lipinski definition) is 4. The number of anilines is 1. The minimum atomic E-state index is -4.45. The molecule has 100 valence electrons. The van der Waals surface area contributed by atoms with Gasteiger partial charge in [-0.1, -0.05) is 15.9 Å².